The van der Waals surface area contributed by atoms with E-state index in [9.17, 15) is 0 Å². The van der Waals surface area contributed by atoms with E-state index in [1.165, 1.54) is 5.56 Å². The van der Waals surface area contributed by atoms with Crippen molar-refractivity contribution in [2.24, 2.45) is 10.9 Å². The number of aromatic nitrogens is 2. The molecule has 2 rings (SSSR count). The maximum atomic E-state index is 5.57. The van der Waals surface area contributed by atoms with Crippen molar-refractivity contribution < 1.29 is 4.74 Å². The van der Waals surface area contributed by atoms with Gasteiger partial charge in [0.1, 0.15) is 0 Å². The molecular formula is C19H30IN5O. The van der Waals surface area contributed by atoms with E-state index in [4.69, 9.17) is 4.74 Å². The molecule has 0 aliphatic rings. The molecule has 0 bridgehead atoms. The normalized spacial score (nSPS) is 11.3. The van der Waals surface area contributed by atoms with Crippen LogP contribution < -0.4 is 10.6 Å². The van der Waals surface area contributed by atoms with Gasteiger partial charge in [-0.1, -0.05) is 26.0 Å². The summed E-state index contributed by atoms with van der Waals surface area (Å²) in [5.74, 6) is 1.39. The van der Waals surface area contributed by atoms with Crippen LogP contribution in [0.4, 0.5) is 0 Å². The number of guanidine groups is 1. The molecule has 0 unspecified atom stereocenters. The highest BCUT2D eigenvalue weighted by molar-refractivity contribution is 14.0. The summed E-state index contributed by atoms with van der Waals surface area (Å²) in [6.45, 7) is 7.48. The Morgan fingerprint density at radius 3 is 2.62 bits per heavy atom. The molecule has 0 saturated carbocycles. The number of aliphatic imine (C=N–C) groups is 1. The van der Waals surface area contributed by atoms with Gasteiger partial charge in [0.2, 0.25) is 0 Å². The van der Waals surface area contributed by atoms with E-state index in [2.05, 4.69) is 58.8 Å². The summed E-state index contributed by atoms with van der Waals surface area (Å²) in [6.07, 6.45) is 4.68. The van der Waals surface area contributed by atoms with Crippen molar-refractivity contribution in [1.29, 1.82) is 0 Å². The first-order chi connectivity index (χ1) is 12.2. The zero-order valence-electron chi connectivity index (χ0n) is 15.8. The highest BCUT2D eigenvalue weighted by Gasteiger charge is 2.00. The highest BCUT2D eigenvalue weighted by atomic mass is 127. The predicted molar refractivity (Wildman–Crippen MR) is 117 cm³/mol. The van der Waals surface area contributed by atoms with Crippen LogP contribution in [0.5, 0.6) is 0 Å². The Morgan fingerprint density at radius 2 is 2.00 bits per heavy atom. The summed E-state index contributed by atoms with van der Waals surface area (Å²) in [5.41, 5.74) is 2.25. The van der Waals surface area contributed by atoms with Gasteiger partial charge in [-0.2, -0.15) is 5.10 Å². The average Bonchev–Trinajstić information content (AvgIpc) is 3.15. The standard InChI is InChI=1S/C19H29N5O.HI/c1-16(2)15-25-13-5-10-21-19(20-3)22-14-17-6-8-18(9-7-17)24-12-4-11-23-24;/h4,6-9,11-12,16H,5,10,13-15H2,1-3H3,(H2,20,21,22);1H. The number of nitrogens with one attached hydrogen (secondary N) is 2. The molecule has 7 heteroatoms. The summed E-state index contributed by atoms with van der Waals surface area (Å²) in [7, 11) is 1.78. The van der Waals surface area contributed by atoms with E-state index < -0.39 is 0 Å². The van der Waals surface area contributed by atoms with E-state index in [1.807, 2.05) is 16.9 Å². The van der Waals surface area contributed by atoms with Gasteiger partial charge in [-0.15, -0.1) is 24.0 Å². The van der Waals surface area contributed by atoms with Crippen LogP contribution in [0, 0.1) is 5.92 Å². The fourth-order valence-electron chi connectivity index (χ4n) is 2.29. The Hall–Kier alpha value is -1.61. The Labute approximate surface area is 173 Å². The molecule has 26 heavy (non-hydrogen) atoms. The summed E-state index contributed by atoms with van der Waals surface area (Å²) in [6, 6.07) is 10.2. The lowest BCUT2D eigenvalue weighted by Gasteiger charge is -2.12. The minimum atomic E-state index is 0. The van der Waals surface area contributed by atoms with Gasteiger partial charge < -0.3 is 15.4 Å². The number of nitrogens with zero attached hydrogens (tertiary/aromatic N) is 3. The summed E-state index contributed by atoms with van der Waals surface area (Å²) in [5, 5.41) is 10.9. The van der Waals surface area contributed by atoms with E-state index in [-0.39, 0.29) is 24.0 Å². The molecule has 6 nitrogen and oxygen atoms in total. The number of hydrogen-bond donors (Lipinski definition) is 2. The second kappa shape index (κ2) is 12.7. The first kappa shape index (κ1) is 22.4. The van der Waals surface area contributed by atoms with Gasteiger partial charge in [-0.05, 0) is 36.1 Å². The third kappa shape index (κ3) is 8.18. The van der Waals surface area contributed by atoms with Crippen molar-refractivity contribution in [2.45, 2.75) is 26.8 Å². The molecule has 0 atom stereocenters. The number of benzene rings is 1. The van der Waals surface area contributed by atoms with E-state index in [1.54, 1.807) is 13.2 Å². The highest BCUT2D eigenvalue weighted by Crippen LogP contribution is 2.08. The molecule has 144 valence electrons. The minimum absolute atomic E-state index is 0. The van der Waals surface area contributed by atoms with E-state index >= 15 is 0 Å². The second-order valence-corrected chi connectivity index (χ2v) is 6.29. The van der Waals surface area contributed by atoms with Crippen LogP contribution in [-0.2, 0) is 11.3 Å². The Kier molecular flexibility index (Phi) is 11.0. The molecule has 1 aromatic carbocycles. The van der Waals surface area contributed by atoms with Gasteiger partial charge in [0.25, 0.3) is 0 Å². The molecule has 0 amide bonds. The molecule has 2 N–H and O–H groups in total. The fraction of sp³-hybridized carbons (Fsp3) is 0.474. The first-order valence-electron chi connectivity index (χ1n) is 8.80. The third-order valence-electron chi connectivity index (χ3n) is 3.60. The van der Waals surface area contributed by atoms with E-state index in [0.29, 0.717) is 5.92 Å². The maximum absolute atomic E-state index is 5.57. The van der Waals surface area contributed by atoms with Crippen molar-refractivity contribution in [3.63, 3.8) is 0 Å². The van der Waals surface area contributed by atoms with Crippen molar-refractivity contribution in [1.82, 2.24) is 20.4 Å². The zero-order chi connectivity index (χ0) is 17.9. The molecule has 1 heterocycles. The van der Waals surface area contributed by atoms with Crippen LogP contribution in [0.2, 0.25) is 0 Å². The van der Waals surface area contributed by atoms with Gasteiger partial charge in [0, 0.05) is 45.7 Å². The monoisotopic (exact) mass is 471 g/mol. The van der Waals surface area contributed by atoms with Crippen LogP contribution >= 0.6 is 24.0 Å². The number of rotatable bonds is 9. The lowest BCUT2D eigenvalue weighted by molar-refractivity contribution is 0.108. The van der Waals surface area contributed by atoms with Crippen LogP contribution in [0.25, 0.3) is 5.69 Å². The van der Waals surface area contributed by atoms with Crippen molar-refractivity contribution >= 4 is 29.9 Å². The van der Waals surface area contributed by atoms with Crippen LogP contribution in [0.3, 0.4) is 0 Å². The molecule has 0 saturated heterocycles. The van der Waals surface area contributed by atoms with Crippen LogP contribution in [-0.4, -0.2) is 42.5 Å². The maximum Gasteiger partial charge on any atom is 0.191 e. The predicted octanol–water partition coefficient (Wildman–Crippen LogP) is 3.22. The van der Waals surface area contributed by atoms with Gasteiger partial charge >= 0.3 is 0 Å². The number of ether oxygens (including phenoxy) is 1. The quantitative estimate of drug-likeness (QED) is 0.255. The molecule has 2 aromatic rings. The Bertz CT molecular complexity index is 626. The summed E-state index contributed by atoms with van der Waals surface area (Å²) in [4.78, 5) is 4.25. The molecule has 0 radical (unpaired) electrons. The number of halogens is 1. The topological polar surface area (TPSA) is 63.5 Å². The van der Waals surface area contributed by atoms with Gasteiger partial charge in [-0.25, -0.2) is 4.68 Å². The van der Waals surface area contributed by atoms with Crippen molar-refractivity contribution in [3.05, 3.63) is 48.3 Å². The Balaban J connectivity index is 0.00000338. The molecule has 1 aromatic heterocycles. The fourth-order valence-corrected chi connectivity index (χ4v) is 2.29. The SMILES string of the molecule is CN=C(NCCCOCC(C)C)NCc1ccc(-n2cccn2)cc1.I. The minimum Gasteiger partial charge on any atom is -0.381 e. The molecule has 0 fully saturated rings. The van der Waals surface area contributed by atoms with Crippen LogP contribution in [0.1, 0.15) is 25.8 Å². The molecule has 0 aliphatic carbocycles. The van der Waals surface area contributed by atoms with E-state index in [0.717, 1.165) is 44.4 Å². The summed E-state index contributed by atoms with van der Waals surface area (Å²) < 4.78 is 7.42. The largest absolute Gasteiger partial charge is 0.381 e. The van der Waals surface area contributed by atoms with Crippen LogP contribution in [0.15, 0.2) is 47.7 Å². The summed E-state index contributed by atoms with van der Waals surface area (Å²) >= 11 is 0. The Morgan fingerprint density at radius 1 is 1.23 bits per heavy atom. The smallest absolute Gasteiger partial charge is 0.191 e. The van der Waals surface area contributed by atoms with Gasteiger partial charge in [0.05, 0.1) is 5.69 Å². The van der Waals surface area contributed by atoms with Crippen molar-refractivity contribution in [2.75, 3.05) is 26.8 Å². The van der Waals surface area contributed by atoms with Gasteiger partial charge in [-0.3, -0.25) is 4.99 Å². The average molecular weight is 471 g/mol. The lowest BCUT2D eigenvalue weighted by atomic mass is 10.2. The number of hydrogen-bond acceptors (Lipinski definition) is 3. The zero-order valence-corrected chi connectivity index (χ0v) is 18.1. The van der Waals surface area contributed by atoms with Gasteiger partial charge in [0.15, 0.2) is 5.96 Å². The van der Waals surface area contributed by atoms with Crippen molar-refractivity contribution in [3.8, 4) is 5.69 Å². The first-order valence-corrected chi connectivity index (χ1v) is 8.80. The lowest BCUT2D eigenvalue weighted by Crippen LogP contribution is -2.37. The third-order valence-corrected chi connectivity index (χ3v) is 3.60. The molecule has 0 aliphatic heterocycles. The molecular weight excluding hydrogens is 441 g/mol. The second-order valence-electron chi connectivity index (χ2n) is 6.29. The molecule has 0 spiro atoms.